The molecule has 2 rings (SSSR count). The van der Waals surface area contributed by atoms with Gasteiger partial charge in [-0.05, 0) is 5.56 Å². The van der Waals surface area contributed by atoms with E-state index in [0.717, 1.165) is 16.9 Å². The van der Waals surface area contributed by atoms with Crippen molar-refractivity contribution in [3.63, 3.8) is 0 Å². The number of aromatic nitrogens is 1. The molecule has 104 valence electrons. The maximum absolute atomic E-state index is 11.6. The van der Waals surface area contributed by atoms with Crippen LogP contribution in [0.1, 0.15) is 5.56 Å². The van der Waals surface area contributed by atoms with Crippen LogP contribution in [0.4, 0.5) is 4.79 Å². The summed E-state index contributed by atoms with van der Waals surface area (Å²) in [7, 11) is 0. The van der Waals surface area contributed by atoms with E-state index in [1.54, 1.807) is 12.1 Å². The molecule has 0 radical (unpaired) electrons. The molecule has 0 aliphatic carbocycles. The highest BCUT2D eigenvalue weighted by Crippen LogP contribution is 2.15. The van der Waals surface area contributed by atoms with Gasteiger partial charge in [-0.15, -0.1) is 0 Å². The Balaban J connectivity index is 1.95. The lowest BCUT2D eigenvalue weighted by atomic mass is 10.1. The summed E-state index contributed by atoms with van der Waals surface area (Å²) in [6, 6.07) is 8.01. The van der Waals surface area contributed by atoms with Crippen molar-refractivity contribution >= 4 is 23.4 Å². The van der Waals surface area contributed by atoms with E-state index in [9.17, 15) is 9.59 Å². The molecule has 0 aliphatic rings. The third kappa shape index (κ3) is 4.06. The van der Waals surface area contributed by atoms with Crippen LogP contribution in [0.3, 0.4) is 0 Å². The molecule has 0 fully saturated rings. The number of thiazole rings is 1. The lowest BCUT2D eigenvalue weighted by Gasteiger charge is -2.13. The lowest BCUT2D eigenvalue weighted by molar-refractivity contribution is -0.139. The molecular weight excluding hydrogens is 280 g/mol. The standard InChI is InChI=1S/C13H12N2O4S/c16-12(17)10(6-9-4-2-1-3-5-9)15-13(18)19-11-7-14-8-20-11/h1-5,7-8,10H,6H2,(H,15,18)(H,16,17). The number of hydrogen-bond donors (Lipinski definition) is 2. The highest BCUT2D eigenvalue weighted by molar-refractivity contribution is 7.11. The predicted molar refractivity (Wildman–Crippen MR) is 72.8 cm³/mol. The van der Waals surface area contributed by atoms with Gasteiger partial charge in [-0.1, -0.05) is 41.7 Å². The summed E-state index contributed by atoms with van der Waals surface area (Å²) >= 11 is 1.15. The monoisotopic (exact) mass is 292 g/mol. The number of nitrogens with one attached hydrogen (secondary N) is 1. The molecule has 2 aromatic rings. The normalized spacial score (nSPS) is 11.6. The summed E-state index contributed by atoms with van der Waals surface area (Å²) in [6.07, 6.45) is 0.767. The first-order valence-electron chi connectivity index (χ1n) is 5.78. The van der Waals surface area contributed by atoms with Gasteiger partial charge in [-0.25, -0.2) is 14.6 Å². The Morgan fingerprint density at radius 3 is 2.70 bits per heavy atom. The van der Waals surface area contributed by atoms with Crippen LogP contribution < -0.4 is 10.1 Å². The number of benzene rings is 1. The fourth-order valence-corrected chi connectivity index (χ4v) is 2.04. The van der Waals surface area contributed by atoms with E-state index in [1.807, 2.05) is 18.2 Å². The Morgan fingerprint density at radius 2 is 2.10 bits per heavy atom. The fourth-order valence-electron chi connectivity index (χ4n) is 1.57. The highest BCUT2D eigenvalue weighted by Gasteiger charge is 2.21. The third-order valence-electron chi connectivity index (χ3n) is 2.48. The number of ether oxygens (including phenoxy) is 1. The van der Waals surface area contributed by atoms with Gasteiger partial charge in [-0.2, -0.15) is 0 Å². The van der Waals surface area contributed by atoms with E-state index >= 15 is 0 Å². The number of rotatable bonds is 5. The van der Waals surface area contributed by atoms with Gasteiger partial charge in [-0.3, -0.25) is 0 Å². The number of nitrogens with zero attached hydrogens (tertiary/aromatic N) is 1. The molecule has 1 heterocycles. The van der Waals surface area contributed by atoms with Crippen molar-refractivity contribution < 1.29 is 19.4 Å². The van der Waals surface area contributed by atoms with Crippen LogP contribution in [0.2, 0.25) is 0 Å². The van der Waals surface area contributed by atoms with E-state index in [-0.39, 0.29) is 6.42 Å². The van der Waals surface area contributed by atoms with Crippen LogP contribution >= 0.6 is 11.3 Å². The van der Waals surface area contributed by atoms with Gasteiger partial charge in [0.25, 0.3) is 0 Å². The van der Waals surface area contributed by atoms with E-state index in [0.29, 0.717) is 5.06 Å². The molecule has 1 aromatic heterocycles. The Morgan fingerprint density at radius 1 is 1.35 bits per heavy atom. The largest absolute Gasteiger partial charge is 0.480 e. The molecule has 0 saturated carbocycles. The van der Waals surface area contributed by atoms with Gasteiger partial charge in [0.2, 0.25) is 5.06 Å². The molecule has 20 heavy (non-hydrogen) atoms. The van der Waals surface area contributed by atoms with Gasteiger partial charge in [0.15, 0.2) is 0 Å². The minimum atomic E-state index is -1.12. The number of amides is 1. The SMILES string of the molecule is O=C(NC(Cc1ccccc1)C(=O)O)Oc1cncs1. The average molecular weight is 292 g/mol. The van der Waals surface area contributed by atoms with Crippen LogP contribution in [-0.4, -0.2) is 28.2 Å². The topological polar surface area (TPSA) is 88.5 Å². The van der Waals surface area contributed by atoms with Gasteiger partial charge in [0.05, 0.1) is 11.7 Å². The van der Waals surface area contributed by atoms with Crippen LogP contribution in [-0.2, 0) is 11.2 Å². The van der Waals surface area contributed by atoms with Crippen LogP contribution in [0.25, 0.3) is 0 Å². The van der Waals surface area contributed by atoms with Crippen molar-refractivity contribution in [3.8, 4) is 5.06 Å². The predicted octanol–water partition coefficient (Wildman–Crippen LogP) is 1.93. The summed E-state index contributed by atoms with van der Waals surface area (Å²) in [5.41, 5.74) is 2.33. The smallest absolute Gasteiger partial charge is 0.414 e. The lowest BCUT2D eigenvalue weighted by Crippen LogP contribution is -2.43. The summed E-state index contributed by atoms with van der Waals surface area (Å²) < 4.78 is 4.92. The summed E-state index contributed by atoms with van der Waals surface area (Å²) in [5.74, 6) is -1.12. The Bertz CT molecular complexity index is 571. The Hall–Kier alpha value is -2.41. The fraction of sp³-hybridized carbons (Fsp3) is 0.154. The Labute approximate surface area is 119 Å². The summed E-state index contributed by atoms with van der Waals surface area (Å²) in [4.78, 5) is 26.5. The van der Waals surface area contributed by atoms with Crippen molar-refractivity contribution in [3.05, 3.63) is 47.6 Å². The van der Waals surface area contributed by atoms with Crippen LogP contribution in [0, 0.1) is 0 Å². The van der Waals surface area contributed by atoms with Gasteiger partial charge >= 0.3 is 12.1 Å². The molecule has 1 amide bonds. The molecule has 7 heteroatoms. The number of carboxylic acid groups (broad SMARTS) is 1. The number of carbonyl (C=O) groups excluding carboxylic acids is 1. The molecule has 0 spiro atoms. The number of hydrogen-bond acceptors (Lipinski definition) is 5. The van der Waals surface area contributed by atoms with Gasteiger partial charge < -0.3 is 15.2 Å². The number of aliphatic carboxylic acids is 1. The maximum Gasteiger partial charge on any atom is 0.414 e. The van der Waals surface area contributed by atoms with E-state index in [1.165, 1.54) is 11.7 Å². The van der Waals surface area contributed by atoms with Crippen LogP contribution in [0.5, 0.6) is 5.06 Å². The summed E-state index contributed by atoms with van der Waals surface area (Å²) in [6.45, 7) is 0. The van der Waals surface area contributed by atoms with Crippen molar-refractivity contribution in [2.45, 2.75) is 12.5 Å². The molecule has 6 nitrogen and oxygen atoms in total. The molecule has 0 aliphatic heterocycles. The zero-order valence-corrected chi connectivity index (χ0v) is 11.2. The second kappa shape index (κ2) is 6.67. The van der Waals surface area contributed by atoms with E-state index in [4.69, 9.17) is 9.84 Å². The molecule has 0 saturated heterocycles. The zero-order chi connectivity index (χ0) is 14.4. The Kier molecular flexibility index (Phi) is 4.67. The molecule has 1 atom stereocenters. The maximum atomic E-state index is 11.6. The third-order valence-corrected chi connectivity index (χ3v) is 3.12. The number of carbonyl (C=O) groups is 2. The van der Waals surface area contributed by atoms with Crippen molar-refractivity contribution in [1.82, 2.24) is 10.3 Å². The first-order chi connectivity index (χ1) is 9.65. The van der Waals surface area contributed by atoms with Crippen molar-refractivity contribution in [2.24, 2.45) is 0 Å². The molecule has 2 N–H and O–H groups in total. The minimum Gasteiger partial charge on any atom is -0.480 e. The second-order valence-corrected chi connectivity index (χ2v) is 4.78. The number of carboxylic acids is 1. The van der Waals surface area contributed by atoms with Gasteiger partial charge in [0.1, 0.15) is 6.04 Å². The molecular formula is C13H12N2O4S. The quantitative estimate of drug-likeness (QED) is 0.879. The van der Waals surface area contributed by atoms with Crippen molar-refractivity contribution in [2.75, 3.05) is 0 Å². The minimum absolute atomic E-state index is 0.188. The average Bonchev–Trinajstić information content (AvgIpc) is 2.92. The van der Waals surface area contributed by atoms with E-state index in [2.05, 4.69) is 10.3 Å². The van der Waals surface area contributed by atoms with E-state index < -0.39 is 18.1 Å². The second-order valence-electron chi connectivity index (χ2n) is 3.93. The first kappa shape index (κ1) is 14.0. The van der Waals surface area contributed by atoms with Crippen LogP contribution in [0.15, 0.2) is 42.0 Å². The first-order valence-corrected chi connectivity index (χ1v) is 6.66. The summed E-state index contributed by atoms with van der Waals surface area (Å²) in [5, 5.41) is 11.8. The molecule has 0 bridgehead atoms. The molecule has 1 aromatic carbocycles. The van der Waals surface area contributed by atoms with Gasteiger partial charge in [0, 0.05) is 6.42 Å². The van der Waals surface area contributed by atoms with Crippen molar-refractivity contribution in [1.29, 1.82) is 0 Å². The highest BCUT2D eigenvalue weighted by atomic mass is 32.1. The molecule has 1 unspecified atom stereocenters. The zero-order valence-electron chi connectivity index (χ0n) is 10.4.